The Morgan fingerprint density at radius 2 is 1.58 bits per heavy atom. The second kappa shape index (κ2) is 9.38. The fourth-order valence-corrected chi connectivity index (χ4v) is 4.22. The number of fused-ring (bicyclic) bond motifs is 1. The Kier molecular flexibility index (Phi) is 5.96. The summed E-state index contributed by atoms with van der Waals surface area (Å²) in [6, 6.07) is 26.7. The normalized spacial score (nSPS) is 13.6. The Balaban J connectivity index is 1.47. The van der Waals surface area contributed by atoms with Crippen molar-refractivity contribution in [2.24, 2.45) is 5.10 Å². The zero-order valence-electron chi connectivity index (χ0n) is 19.5. The summed E-state index contributed by atoms with van der Waals surface area (Å²) in [6.07, 6.45) is 0.910. The molecule has 0 saturated carbocycles. The molecule has 0 aromatic heterocycles. The summed E-state index contributed by atoms with van der Waals surface area (Å²) in [5.74, 6) is -1.35. The third kappa shape index (κ3) is 4.07. The highest BCUT2D eigenvalue weighted by molar-refractivity contribution is 6.55. The van der Waals surface area contributed by atoms with Gasteiger partial charge in [-0.1, -0.05) is 61.5 Å². The van der Waals surface area contributed by atoms with E-state index in [1.54, 1.807) is 35.2 Å². The maximum absolute atomic E-state index is 13.4. The summed E-state index contributed by atoms with van der Waals surface area (Å²) in [4.78, 5) is 26.2. The number of hydrogen-bond donors (Lipinski definition) is 3. The highest BCUT2D eigenvalue weighted by Crippen LogP contribution is 2.38. The molecule has 0 unspecified atom stereocenters. The van der Waals surface area contributed by atoms with E-state index in [1.807, 2.05) is 48.5 Å². The Morgan fingerprint density at radius 1 is 0.889 bits per heavy atom. The first-order chi connectivity index (χ1) is 17.5. The molecule has 0 radical (unpaired) electrons. The smallest absolute Gasteiger partial charge is 0.335 e. The van der Waals surface area contributed by atoms with Gasteiger partial charge in [-0.25, -0.2) is 4.79 Å². The van der Waals surface area contributed by atoms with Gasteiger partial charge < -0.3 is 10.2 Å². The van der Waals surface area contributed by atoms with Gasteiger partial charge in [-0.2, -0.15) is 5.10 Å². The Hall–Kier alpha value is -4.91. The molecule has 4 aromatic rings. The summed E-state index contributed by atoms with van der Waals surface area (Å²) in [7, 11) is 0. The van der Waals surface area contributed by atoms with E-state index in [0.717, 1.165) is 17.8 Å². The number of carbonyl (C=O) groups is 2. The zero-order valence-corrected chi connectivity index (χ0v) is 19.5. The Bertz CT molecular complexity index is 1490. The topological polar surface area (TPSA) is 102 Å². The van der Waals surface area contributed by atoms with Gasteiger partial charge >= 0.3 is 5.97 Å². The van der Waals surface area contributed by atoms with Crippen molar-refractivity contribution in [3.63, 3.8) is 0 Å². The Morgan fingerprint density at radius 3 is 2.28 bits per heavy atom. The minimum absolute atomic E-state index is 0.0596. The number of phenols is 1. The van der Waals surface area contributed by atoms with Crippen LogP contribution in [0.5, 0.6) is 5.75 Å². The average molecular weight is 478 g/mol. The number of amides is 1. The number of aryl methyl sites for hydroxylation is 1. The van der Waals surface area contributed by atoms with Crippen LogP contribution in [0.25, 0.3) is 11.1 Å². The van der Waals surface area contributed by atoms with Crippen molar-refractivity contribution in [2.45, 2.75) is 13.3 Å². The lowest BCUT2D eigenvalue weighted by molar-refractivity contribution is -0.111. The first-order valence-electron chi connectivity index (χ1n) is 11.5. The van der Waals surface area contributed by atoms with Gasteiger partial charge in [0.2, 0.25) is 0 Å². The number of nitrogens with zero attached hydrogens (tertiary/aromatic N) is 2. The van der Waals surface area contributed by atoms with Gasteiger partial charge in [0, 0.05) is 16.8 Å². The third-order valence-electron chi connectivity index (χ3n) is 6.18. The van der Waals surface area contributed by atoms with E-state index in [9.17, 15) is 14.7 Å². The van der Waals surface area contributed by atoms with Gasteiger partial charge in [-0.3, -0.25) is 15.1 Å². The van der Waals surface area contributed by atoms with Gasteiger partial charge in [0.25, 0.3) is 5.91 Å². The van der Waals surface area contributed by atoms with Crippen LogP contribution in [0.3, 0.4) is 0 Å². The average Bonchev–Trinajstić information content (AvgIpc) is 3.19. The molecule has 7 heteroatoms. The maximum Gasteiger partial charge on any atom is 0.335 e. The molecule has 0 spiro atoms. The van der Waals surface area contributed by atoms with E-state index in [2.05, 4.69) is 17.5 Å². The monoisotopic (exact) mass is 477 g/mol. The molecule has 1 aliphatic heterocycles. The van der Waals surface area contributed by atoms with Crippen LogP contribution in [0.1, 0.15) is 28.4 Å². The van der Waals surface area contributed by atoms with Crippen LogP contribution in [0.2, 0.25) is 0 Å². The summed E-state index contributed by atoms with van der Waals surface area (Å²) < 4.78 is 0. The van der Waals surface area contributed by atoms with E-state index in [0.29, 0.717) is 22.4 Å². The molecule has 0 bridgehead atoms. The molecule has 3 N–H and O–H groups in total. The van der Waals surface area contributed by atoms with Gasteiger partial charge in [-0.15, -0.1) is 0 Å². The van der Waals surface area contributed by atoms with Crippen molar-refractivity contribution in [2.75, 3.05) is 10.3 Å². The van der Waals surface area contributed by atoms with Crippen molar-refractivity contribution in [1.29, 1.82) is 0 Å². The fourth-order valence-electron chi connectivity index (χ4n) is 4.22. The number of anilines is 3. The number of benzene rings is 4. The number of carboxylic acid groups (broad SMARTS) is 1. The summed E-state index contributed by atoms with van der Waals surface area (Å²) in [5, 5.41) is 24.4. The second-order valence-electron chi connectivity index (χ2n) is 8.33. The van der Waals surface area contributed by atoms with Crippen molar-refractivity contribution < 1.29 is 19.8 Å². The van der Waals surface area contributed by atoms with Crippen LogP contribution in [-0.2, 0) is 11.2 Å². The van der Waals surface area contributed by atoms with Gasteiger partial charge in [0.1, 0.15) is 5.75 Å². The van der Waals surface area contributed by atoms with Crippen LogP contribution < -0.4 is 10.3 Å². The summed E-state index contributed by atoms with van der Waals surface area (Å²) in [6.45, 7) is 2.08. The molecular weight excluding hydrogens is 454 g/mol. The lowest BCUT2D eigenvalue weighted by Gasteiger charge is -2.17. The van der Waals surface area contributed by atoms with E-state index in [4.69, 9.17) is 5.11 Å². The van der Waals surface area contributed by atoms with Crippen molar-refractivity contribution >= 4 is 34.7 Å². The lowest BCUT2D eigenvalue weighted by Crippen LogP contribution is -2.26. The highest BCUT2D eigenvalue weighted by Gasteiger charge is 2.35. The van der Waals surface area contributed by atoms with E-state index < -0.39 is 5.97 Å². The first-order valence-corrected chi connectivity index (χ1v) is 11.5. The molecule has 0 atom stereocenters. The largest absolute Gasteiger partial charge is 0.505 e. The van der Waals surface area contributed by atoms with Crippen LogP contribution >= 0.6 is 0 Å². The van der Waals surface area contributed by atoms with Crippen LogP contribution in [0, 0.1) is 0 Å². The number of rotatable bonds is 6. The lowest BCUT2D eigenvalue weighted by atomic mass is 10.0. The zero-order chi connectivity index (χ0) is 25.2. The number of carboxylic acids is 1. The number of aromatic hydroxyl groups is 1. The molecule has 1 amide bonds. The predicted molar refractivity (Wildman–Crippen MR) is 140 cm³/mol. The maximum atomic E-state index is 13.4. The minimum Gasteiger partial charge on any atom is -0.505 e. The van der Waals surface area contributed by atoms with E-state index in [1.165, 1.54) is 17.7 Å². The van der Waals surface area contributed by atoms with Crippen molar-refractivity contribution in [1.82, 2.24) is 0 Å². The molecule has 0 aliphatic carbocycles. The molecule has 5 rings (SSSR count). The number of para-hydroxylation sites is 2. The number of phenolic OH excluding ortho intramolecular Hbond substituents is 1. The molecule has 178 valence electrons. The minimum atomic E-state index is -1.02. The third-order valence-corrected chi connectivity index (χ3v) is 6.18. The summed E-state index contributed by atoms with van der Waals surface area (Å²) >= 11 is 0. The van der Waals surface area contributed by atoms with Crippen LogP contribution in [0.4, 0.5) is 17.1 Å². The van der Waals surface area contributed by atoms with Crippen LogP contribution in [0.15, 0.2) is 96.1 Å². The second-order valence-corrected chi connectivity index (χ2v) is 8.33. The molecule has 1 heterocycles. The van der Waals surface area contributed by atoms with E-state index >= 15 is 0 Å². The SMILES string of the molecule is CCc1ccc(N2C(=O)/C(=N\Nc3cccc(-c4ccc(C(=O)O)cc4)c3O)c3ccccc32)cc1. The molecule has 7 nitrogen and oxygen atoms in total. The number of carbonyl (C=O) groups excluding carboxylic acids is 1. The fraction of sp³-hybridized carbons (Fsp3) is 0.0690. The number of hydrogen-bond acceptors (Lipinski definition) is 5. The molecule has 0 saturated heterocycles. The molecule has 0 fully saturated rings. The number of hydrazone groups is 1. The standard InChI is InChI=1S/C29H23N3O4/c1-2-18-10-16-21(17-11-18)32-25-9-4-3-6-23(25)26(28(32)34)31-30-24-8-5-7-22(27(24)33)19-12-14-20(15-13-19)29(35)36/h3-17,30,33H,2H2,1H3,(H,35,36)/b31-26-. The number of aromatic carboxylic acids is 1. The van der Waals surface area contributed by atoms with Gasteiger partial charge in [0.15, 0.2) is 5.71 Å². The molecule has 36 heavy (non-hydrogen) atoms. The predicted octanol–water partition coefficient (Wildman–Crippen LogP) is 5.81. The van der Waals surface area contributed by atoms with Crippen molar-refractivity contribution in [3.05, 3.63) is 108 Å². The number of nitrogens with one attached hydrogen (secondary N) is 1. The molecule has 1 aliphatic rings. The molecule has 4 aromatic carbocycles. The quantitative estimate of drug-likeness (QED) is 0.240. The molecular formula is C29H23N3O4. The summed E-state index contributed by atoms with van der Waals surface area (Å²) in [5.41, 5.74) is 8.09. The Labute approximate surface area is 208 Å². The van der Waals surface area contributed by atoms with E-state index in [-0.39, 0.29) is 22.9 Å². The van der Waals surface area contributed by atoms with Crippen LogP contribution in [-0.4, -0.2) is 27.8 Å². The van der Waals surface area contributed by atoms with Gasteiger partial charge in [-0.05, 0) is 53.9 Å². The van der Waals surface area contributed by atoms with Crippen molar-refractivity contribution in [3.8, 4) is 16.9 Å². The van der Waals surface area contributed by atoms with Gasteiger partial charge in [0.05, 0.1) is 16.9 Å². The highest BCUT2D eigenvalue weighted by atomic mass is 16.4. The first kappa shape index (κ1) is 22.9.